The van der Waals surface area contributed by atoms with Gasteiger partial charge in [0, 0.05) is 18.4 Å². The van der Waals surface area contributed by atoms with Crippen LogP contribution in [0, 0.1) is 0 Å². The normalized spacial score (nSPS) is 16.2. The number of hydrogen-bond donors (Lipinski definition) is 2. The molecule has 1 aliphatic rings. The third-order valence-corrected chi connectivity index (χ3v) is 6.69. The standard InChI is InChI=1S/C18H29N3O3S2/c1-15(22)20-17-14-16(8-9-18(17)25-2)26(23,24)19-10-7-13-21-11-5-3-4-6-12-21/h8-9,14,19H,3-7,10-13H2,1-2H3,(H,20,22). The van der Waals surface area contributed by atoms with Crippen molar-refractivity contribution >= 4 is 33.4 Å². The average molecular weight is 400 g/mol. The first kappa shape index (κ1) is 21.2. The van der Waals surface area contributed by atoms with Gasteiger partial charge in [0.25, 0.3) is 0 Å². The van der Waals surface area contributed by atoms with E-state index in [-0.39, 0.29) is 10.8 Å². The summed E-state index contributed by atoms with van der Waals surface area (Å²) in [6.07, 6.45) is 7.74. The SMILES string of the molecule is CSc1ccc(S(=O)(=O)NCCCN2CCCCCC2)cc1NC(C)=O. The van der Waals surface area contributed by atoms with Gasteiger partial charge in [-0.3, -0.25) is 4.79 Å². The number of rotatable bonds is 8. The van der Waals surface area contributed by atoms with Crippen LogP contribution >= 0.6 is 11.8 Å². The molecule has 1 aromatic carbocycles. The van der Waals surface area contributed by atoms with Gasteiger partial charge in [-0.05, 0) is 63.4 Å². The third-order valence-electron chi connectivity index (χ3n) is 4.43. The molecular weight excluding hydrogens is 370 g/mol. The minimum atomic E-state index is -3.58. The molecule has 0 aromatic heterocycles. The van der Waals surface area contributed by atoms with Crippen LogP contribution in [0.15, 0.2) is 28.0 Å². The Labute approximate surface area is 161 Å². The molecule has 6 nitrogen and oxygen atoms in total. The van der Waals surface area contributed by atoms with Crippen molar-refractivity contribution in [2.45, 2.75) is 48.8 Å². The van der Waals surface area contributed by atoms with Crippen molar-refractivity contribution < 1.29 is 13.2 Å². The Kier molecular flexibility index (Phi) is 8.40. The number of nitrogens with one attached hydrogen (secondary N) is 2. The molecule has 0 radical (unpaired) electrons. The number of likely N-dealkylation sites (tertiary alicyclic amines) is 1. The van der Waals surface area contributed by atoms with Gasteiger partial charge >= 0.3 is 0 Å². The lowest BCUT2D eigenvalue weighted by atomic mass is 10.2. The van der Waals surface area contributed by atoms with Crippen LogP contribution in [0.5, 0.6) is 0 Å². The lowest BCUT2D eigenvalue weighted by Gasteiger charge is -2.19. The molecule has 0 bridgehead atoms. The molecule has 26 heavy (non-hydrogen) atoms. The van der Waals surface area contributed by atoms with Gasteiger partial charge in [-0.25, -0.2) is 13.1 Å². The topological polar surface area (TPSA) is 78.5 Å². The van der Waals surface area contributed by atoms with E-state index in [1.165, 1.54) is 50.4 Å². The number of carbonyl (C=O) groups excluding carboxylic acids is 1. The second-order valence-corrected chi connectivity index (χ2v) is 9.17. The van der Waals surface area contributed by atoms with Gasteiger partial charge in [-0.15, -0.1) is 11.8 Å². The molecule has 0 saturated carbocycles. The number of hydrogen-bond acceptors (Lipinski definition) is 5. The van der Waals surface area contributed by atoms with Gasteiger partial charge in [0.1, 0.15) is 0 Å². The first-order valence-corrected chi connectivity index (χ1v) is 11.8. The third kappa shape index (κ3) is 6.57. The molecule has 2 rings (SSSR count). The molecule has 1 amide bonds. The van der Waals surface area contributed by atoms with E-state index in [0.717, 1.165) is 31.0 Å². The number of sulfonamides is 1. The van der Waals surface area contributed by atoms with Gasteiger partial charge in [0.15, 0.2) is 0 Å². The van der Waals surface area contributed by atoms with Crippen LogP contribution in [0.25, 0.3) is 0 Å². The summed E-state index contributed by atoms with van der Waals surface area (Å²) >= 11 is 1.46. The van der Waals surface area contributed by atoms with Gasteiger partial charge < -0.3 is 10.2 Å². The van der Waals surface area contributed by atoms with Crippen molar-refractivity contribution in [1.82, 2.24) is 9.62 Å². The first-order chi connectivity index (χ1) is 12.4. The summed E-state index contributed by atoms with van der Waals surface area (Å²) in [5.74, 6) is -0.222. The fraction of sp³-hybridized carbons (Fsp3) is 0.611. The Balaban J connectivity index is 1.93. The molecular formula is C18H29N3O3S2. The Bertz CT molecular complexity index is 700. The summed E-state index contributed by atoms with van der Waals surface area (Å²) in [5, 5.41) is 2.69. The van der Waals surface area contributed by atoms with Crippen LogP contribution in [-0.2, 0) is 14.8 Å². The maximum atomic E-state index is 12.5. The number of amides is 1. The van der Waals surface area contributed by atoms with Crippen molar-refractivity contribution in [2.75, 3.05) is 37.8 Å². The number of thioether (sulfide) groups is 1. The number of nitrogens with zero attached hydrogens (tertiary/aromatic N) is 1. The van der Waals surface area contributed by atoms with Crippen molar-refractivity contribution in [2.24, 2.45) is 0 Å². The predicted octanol–water partition coefficient (Wildman–Crippen LogP) is 2.91. The summed E-state index contributed by atoms with van der Waals surface area (Å²) in [7, 11) is -3.58. The summed E-state index contributed by atoms with van der Waals surface area (Å²) in [5.41, 5.74) is 0.525. The van der Waals surface area contributed by atoms with Gasteiger partial charge in [-0.2, -0.15) is 0 Å². The van der Waals surface area contributed by atoms with Crippen molar-refractivity contribution in [3.05, 3.63) is 18.2 Å². The highest BCUT2D eigenvalue weighted by molar-refractivity contribution is 7.98. The van der Waals surface area contributed by atoms with E-state index in [0.29, 0.717) is 12.2 Å². The Hall–Kier alpha value is -1.09. The molecule has 8 heteroatoms. The highest BCUT2D eigenvalue weighted by Crippen LogP contribution is 2.28. The van der Waals surface area contributed by atoms with Crippen LogP contribution < -0.4 is 10.0 Å². The fourth-order valence-electron chi connectivity index (χ4n) is 3.09. The Morgan fingerprint density at radius 2 is 1.88 bits per heavy atom. The summed E-state index contributed by atoms with van der Waals surface area (Å²) < 4.78 is 27.7. The molecule has 1 heterocycles. The monoisotopic (exact) mass is 399 g/mol. The van der Waals surface area contributed by atoms with Crippen molar-refractivity contribution in [1.29, 1.82) is 0 Å². The quantitative estimate of drug-likeness (QED) is 0.519. The van der Waals surface area contributed by atoms with E-state index in [4.69, 9.17) is 0 Å². The molecule has 1 aromatic rings. The molecule has 2 N–H and O–H groups in total. The minimum Gasteiger partial charge on any atom is -0.325 e. The van der Waals surface area contributed by atoms with E-state index in [2.05, 4.69) is 14.9 Å². The van der Waals surface area contributed by atoms with Crippen LogP contribution in [0.1, 0.15) is 39.0 Å². The molecule has 1 aliphatic heterocycles. The second-order valence-electron chi connectivity index (χ2n) is 6.55. The highest BCUT2D eigenvalue weighted by atomic mass is 32.2. The second kappa shape index (κ2) is 10.3. The first-order valence-electron chi connectivity index (χ1n) is 9.10. The van der Waals surface area contributed by atoms with Crippen LogP contribution in [0.2, 0.25) is 0 Å². The number of benzene rings is 1. The molecule has 1 fully saturated rings. The summed E-state index contributed by atoms with van der Waals surface area (Å²) in [6.45, 7) is 4.97. The van der Waals surface area contributed by atoms with Gasteiger partial charge in [-0.1, -0.05) is 12.8 Å². The van der Waals surface area contributed by atoms with E-state index >= 15 is 0 Å². The van der Waals surface area contributed by atoms with E-state index in [9.17, 15) is 13.2 Å². The smallest absolute Gasteiger partial charge is 0.240 e. The Morgan fingerprint density at radius 3 is 2.50 bits per heavy atom. The molecule has 1 saturated heterocycles. The van der Waals surface area contributed by atoms with Crippen LogP contribution in [-0.4, -0.2) is 51.7 Å². The Morgan fingerprint density at radius 1 is 1.19 bits per heavy atom. The zero-order valence-corrected chi connectivity index (χ0v) is 17.2. The summed E-state index contributed by atoms with van der Waals surface area (Å²) in [4.78, 5) is 14.8. The number of carbonyl (C=O) groups is 1. The fourth-order valence-corrected chi connectivity index (χ4v) is 4.73. The van der Waals surface area contributed by atoms with E-state index in [1.54, 1.807) is 12.1 Å². The molecule has 0 aliphatic carbocycles. The van der Waals surface area contributed by atoms with Gasteiger partial charge in [0.2, 0.25) is 15.9 Å². The lowest BCUT2D eigenvalue weighted by molar-refractivity contribution is -0.114. The molecule has 0 atom stereocenters. The molecule has 0 spiro atoms. The van der Waals surface area contributed by atoms with Crippen molar-refractivity contribution in [3.8, 4) is 0 Å². The maximum absolute atomic E-state index is 12.5. The lowest BCUT2D eigenvalue weighted by Crippen LogP contribution is -2.30. The van der Waals surface area contributed by atoms with Crippen molar-refractivity contribution in [3.63, 3.8) is 0 Å². The molecule has 0 unspecified atom stereocenters. The highest BCUT2D eigenvalue weighted by Gasteiger charge is 2.16. The zero-order valence-electron chi connectivity index (χ0n) is 15.6. The maximum Gasteiger partial charge on any atom is 0.240 e. The summed E-state index contributed by atoms with van der Waals surface area (Å²) in [6, 6.07) is 4.82. The van der Waals surface area contributed by atoms with Crippen LogP contribution in [0.3, 0.4) is 0 Å². The average Bonchev–Trinajstić information content (AvgIpc) is 2.87. The largest absolute Gasteiger partial charge is 0.325 e. The number of anilines is 1. The van der Waals surface area contributed by atoms with E-state index in [1.807, 2.05) is 6.26 Å². The van der Waals surface area contributed by atoms with E-state index < -0.39 is 10.0 Å². The van der Waals surface area contributed by atoms with Gasteiger partial charge in [0.05, 0.1) is 10.6 Å². The zero-order chi connectivity index (χ0) is 19.0. The van der Waals surface area contributed by atoms with Crippen LogP contribution in [0.4, 0.5) is 5.69 Å². The molecule has 146 valence electrons. The minimum absolute atomic E-state index is 0.175. The predicted molar refractivity (Wildman–Crippen MR) is 107 cm³/mol.